The summed E-state index contributed by atoms with van der Waals surface area (Å²) in [6.45, 7) is 0.991. The fourth-order valence-corrected chi connectivity index (χ4v) is 3.00. The molecule has 1 aromatic rings. The third-order valence-electron chi connectivity index (χ3n) is 4.08. The zero-order valence-electron chi connectivity index (χ0n) is 13.2. The molecule has 7 nitrogen and oxygen atoms in total. The minimum absolute atomic E-state index is 0.0408. The summed E-state index contributed by atoms with van der Waals surface area (Å²) in [4.78, 5) is 24.7. The van der Waals surface area contributed by atoms with Gasteiger partial charge in [0.1, 0.15) is 10.8 Å². The number of carbonyl (C=O) groups excluding carboxylic acids is 1. The molecule has 1 heterocycles. The number of nitro groups is 1. The molecule has 23 heavy (non-hydrogen) atoms. The summed E-state index contributed by atoms with van der Waals surface area (Å²) < 4.78 is 5.11. The van der Waals surface area contributed by atoms with Crippen LogP contribution in [0.1, 0.15) is 25.7 Å². The highest BCUT2D eigenvalue weighted by molar-refractivity contribution is 6.33. The number of methoxy groups -OCH3 is 1. The van der Waals surface area contributed by atoms with Crippen molar-refractivity contribution in [2.24, 2.45) is 0 Å². The third kappa shape index (κ3) is 4.33. The Kier molecular flexibility index (Phi) is 5.79. The summed E-state index contributed by atoms with van der Waals surface area (Å²) >= 11 is 5.90. The number of nitrogens with zero attached hydrogens (tertiary/aromatic N) is 2. The molecule has 0 spiro atoms. The predicted octanol–water partition coefficient (Wildman–Crippen LogP) is 3.07. The van der Waals surface area contributed by atoms with Crippen molar-refractivity contribution in [1.29, 1.82) is 0 Å². The van der Waals surface area contributed by atoms with Gasteiger partial charge in [-0.1, -0.05) is 18.0 Å². The first kappa shape index (κ1) is 17.5. The number of hydrogen-bond acceptors (Lipinski definition) is 5. The van der Waals surface area contributed by atoms with Crippen LogP contribution in [0.3, 0.4) is 0 Å². The molecule has 0 saturated carbocycles. The minimum atomic E-state index is -0.590. The van der Waals surface area contributed by atoms with Crippen LogP contribution in [0.2, 0.25) is 5.02 Å². The van der Waals surface area contributed by atoms with E-state index in [1.165, 1.54) is 19.2 Å². The lowest BCUT2D eigenvalue weighted by Crippen LogP contribution is -2.38. The van der Waals surface area contributed by atoms with Gasteiger partial charge in [0.25, 0.3) is 5.69 Å². The Labute approximate surface area is 139 Å². The molecule has 1 fully saturated rings. The molecule has 8 heteroatoms. The smallest absolute Gasteiger partial charge is 0.291 e. The average Bonchev–Trinajstić information content (AvgIpc) is 2.49. The molecule has 1 unspecified atom stereocenters. The Bertz CT molecular complexity index is 609. The molecule has 0 radical (unpaired) electrons. The van der Waals surface area contributed by atoms with Crippen molar-refractivity contribution >= 4 is 28.9 Å². The third-order valence-corrected chi connectivity index (χ3v) is 4.38. The largest absolute Gasteiger partial charge is 0.494 e. The fraction of sp³-hybridized carbons (Fsp3) is 0.533. The van der Waals surface area contributed by atoms with Crippen LogP contribution in [0.25, 0.3) is 0 Å². The number of nitro benzene ring substituents is 1. The SMILES string of the molecule is COc1cc([N+](=O)[O-])c(Cl)cc1NC(=O)CC1CCCCN1C. The zero-order chi connectivity index (χ0) is 17.0. The highest BCUT2D eigenvalue weighted by Crippen LogP contribution is 2.35. The molecule has 0 aromatic heterocycles. The van der Waals surface area contributed by atoms with E-state index < -0.39 is 4.92 Å². The topological polar surface area (TPSA) is 84.7 Å². The van der Waals surface area contributed by atoms with Crippen molar-refractivity contribution in [1.82, 2.24) is 4.90 Å². The van der Waals surface area contributed by atoms with Gasteiger partial charge < -0.3 is 15.0 Å². The first-order valence-corrected chi connectivity index (χ1v) is 7.82. The molecule has 0 aliphatic carbocycles. The fourth-order valence-electron chi connectivity index (χ4n) is 2.77. The highest BCUT2D eigenvalue weighted by Gasteiger charge is 2.23. The number of piperidine rings is 1. The first-order chi connectivity index (χ1) is 10.9. The number of rotatable bonds is 5. The number of hydrogen-bond donors (Lipinski definition) is 1. The van der Waals surface area contributed by atoms with Crippen molar-refractivity contribution in [3.8, 4) is 5.75 Å². The minimum Gasteiger partial charge on any atom is -0.494 e. The van der Waals surface area contributed by atoms with Gasteiger partial charge in [-0.15, -0.1) is 0 Å². The lowest BCUT2D eigenvalue weighted by molar-refractivity contribution is -0.384. The molecule has 1 aliphatic heterocycles. The van der Waals surface area contributed by atoms with E-state index >= 15 is 0 Å². The first-order valence-electron chi connectivity index (χ1n) is 7.44. The number of halogens is 1. The second-order valence-corrected chi connectivity index (χ2v) is 6.05. The number of benzene rings is 1. The van der Waals surface area contributed by atoms with Gasteiger partial charge in [-0.25, -0.2) is 0 Å². The van der Waals surface area contributed by atoms with Crippen molar-refractivity contribution in [3.63, 3.8) is 0 Å². The predicted molar refractivity (Wildman–Crippen MR) is 88.2 cm³/mol. The Morgan fingerprint density at radius 1 is 1.52 bits per heavy atom. The van der Waals surface area contributed by atoms with Gasteiger partial charge in [0.2, 0.25) is 5.91 Å². The van der Waals surface area contributed by atoms with Crippen LogP contribution in [-0.2, 0) is 4.79 Å². The number of ether oxygens (including phenoxy) is 1. The van der Waals surface area contributed by atoms with E-state index in [2.05, 4.69) is 10.2 Å². The molecule has 1 aromatic carbocycles. The van der Waals surface area contributed by atoms with Crippen LogP contribution in [-0.4, -0.2) is 42.5 Å². The van der Waals surface area contributed by atoms with Crippen molar-refractivity contribution in [2.75, 3.05) is 26.0 Å². The Morgan fingerprint density at radius 3 is 2.87 bits per heavy atom. The van der Waals surface area contributed by atoms with Gasteiger partial charge in [0.15, 0.2) is 0 Å². The van der Waals surface area contributed by atoms with E-state index in [1.54, 1.807) is 0 Å². The summed E-state index contributed by atoms with van der Waals surface area (Å²) in [6.07, 6.45) is 3.63. The number of likely N-dealkylation sites (tertiary alicyclic amines) is 1. The van der Waals surface area contributed by atoms with Gasteiger partial charge in [0, 0.05) is 12.5 Å². The Morgan fingerprint density at radius 2 is 2.26 bits per heavy atom. The van der Waals surface area contributed by atoms with E-state index in [0.717, 1.165) is 25.8 Å². The number of nitrogens with one attached hydrogen (secondary N) is 1. The monoisotopic (exact) mass is 341 g/mol. The van der Waals surface area contributed by atoms with Gasteiger partial charge in [-0.05, 0) is 32.5 Å². The maximum absolute atomic E-state index is 12.3. The van der Waals surface area contributed by atoms with Crippen molar-refractivity contribution < 1.29 is 14.5 Å². The van der Waals surface area contributed by atoms with Crippen molar-refractivity contribution in [3.05, 3.63) is 27.3 Å². The van der Waals surface area contributed by atoms with Crippen LogP contribution >= 0.6 is 11.6 Å². The number of anilines is 1. The lowest BCUT2D eigenvalue weighted by atomic mass is 10.00. The molecular weight excluding hydrogens is 322 g/mol. The van der Waals surface area contributed by atoms with E-state index in [1.807, 2.05) is 7.05 Å². The van der Waals surface area contributed by atoms with E-state index in [0.29, 0.717) is 12.1 Å². The second-order valence-electron chi connectivity index (χ2n) is 5.64. The summed E-state index contributed by atoms with van der Waals surface area (Å²) in [7, 11) is 3.40. The van der Waals surface area contributed by atoms with E-state index in [-0.39, 0.29) is 28.4 Å². The van der Waals surface area contributed by atoms with E-state index in [9.17, 15) is 14.9 Å². The molecule has 0 bridgehead atoms. The van der Waals surface area contributed by atoms with Crippen LogP contribution in [0.5, 0.6) is 5.75 Å². The lowest BCUT2D eigenvalue weighted by Gasteiger charge is -2.32. The maximum atomic E-state index is 12.3. The Hall–Kier alpha value is -1.86. The molecule has 2 rings (SSSR count). The van der Waals surface area contributed by atoms with Crippen molar-refractivity contribution in [2.45, 2.75) is 31.7 Å². The summed E-state index contributed by atoms with van der Waals surface area (Å²) in [5.41, 5.74) is 0.0834. The molecule has 1 aliphatic rings. The van der Waals surface area contributed by atoms with Gasteiger partial charge >= 0.3 is 0 Å². The Balaban J connectivity index is 2.11. The average molecular weight is 342 g/mol. The zero-order valence-corrected chi connectivity index (χ0v) is 13.9. The van der Waals surface area contributed by atoms with E-state index in [4.69, 9.17) is 16.3 Å². The molecule has 1 amide bonds. The van der Waals surface area contributed by atoms with Gasteiger partial charge in [0.05, 0.1) is 23.8 Å². The highest BCUT2D eigenvalue weighted by atomic mass is 35.5. The summed E-state index contributed by atoms with van der Waals surface area (Å²) in [5.74, 6) is 0.0541. The number of carbonyl (C=O) groups is 1. The molecule has 1 N–H and O–H groups in total. The second kappa shape index (κ2) is 7.61. The summed E-state index contributed by atoms with van der Waals surface area (Å²) in [5, 5.41) is 13.6. The van der Waals surface area contributed by atoms with Crippen LogP contribution in [0.4, 0.5) is 11.4 Å². The molecule has 1 saturated heterocycles. The molecular formula is C15H20ClN3O4. The molecule has 126 valence electrons. The molecule has 1 atom stereocenters. The van der Waals surface area contributed by atoms with Gasteiger partial charge in [-0.3, -0.25) is 14.9 Å². The van der Waals surface area contributed by atoms with Gasteiger partial charge in [-0.2, -0.15) is 0 Å². The van der Waals surface area contributed by atoms with Crippen LogP contribution in [0, 0.1) is 10.1 Å². The quantitative estimate of drug-likeness (QED) is 0.657. The maximum Gasteiger partial charge on any atom is 0.291 e. The van der Waals surface area contributed by atoms with Crippen LogP contribution < -0.4 is 10.1 Å². The number of amides is 1. The summed E-state index contributed by atoms with van der Waals surface area (Å²) in [6, 6.07) is 2.77. The van der Waals surface area contributed by atoms with Crippen LogP contribution in [0.15, 0.2) is 12.1 Å². The normalized spacial score (nSPS) is 18.5. The standard InChI is InChI=1S/C15H20ClN3O4/c1-18-6-4-3-5-10(18)7-15(20)17-12-8-11(16)13(19(21)22)9-14(12)23-2/h8-10H,3-7H2,1-2H3,(H,17,20).